The molecule has 122 valence electrons. The summed E-state index contributed by atoms with van der Waals surface area (Å²) in [5, 5.41) is 14.3. The van der Waals surface area contributed by atoms with Crippen molar-refractivity contribution in [1.29, 1.82) is 5.26 Å². The zero-order valence-corrected chi connectivity index (χ0v) is 13.6. The van der Waals surface area contributed by atoms with Gasteiger partial charge in [0.05, 0.1) is 16.3 Å². The van der Waals surface area contributed by atoms with E-state index in [4.69, 9.17) is 21.6 Å². The lowest BCUT2D eigenvalue weighted by atomic mass is 10.2. The van der Waals surface area contributed by atoms with E-state index in [1.165, 1.54) is 19.1 Å². The second-order valence-corrected chi connectivity index (χ2v) is 5.23. The summed E-state index contributed by atoms with van der Waals surface area (Å²) in [6.45, 7) is 1.15. The summed E-state index contributed by atoms with van der Waals surface area (Å²) in [6, 6.07) is 13.3. The standard InChI is InChI=1S/C17H14ClN3O3/c1-11(22)20-15-4-2-3-5-16(15)24-10-17(23)21-13-7-6-12(9-19)14(18)8-13/h2-8H,10H2,1H3,(H,20,22)(H,21,23). The second-order valence-electron chi connectivity index (χ2n) is 4.82. The lowest BCUT2D eigenvalue weighted by Gasteiger charge is -2.12. The highest BCUT2D eigenvalue weighted by atomic mass is 35.5. The molecule has 0 fully saturated rings. The summed E-state index contributed by atoms with van der Waals surface area (Å²) >= 11 is 5.91. The maximum Gasteiger partial charge on any atom is 0.262 e. The van der Waals surface area contributed by atoms with E-state index in [0.717, 1.165) is 0 Å². The highest BCUT2D eigenvalue weighted by molar-refractivity contribution is 6.32. The molecule has 0 bridgehead atoms. The first-order valence-electron chi connectivity index (χ1n) is 6.98. The van der Waals surface area contributed by atoms with Gasteiger partial charge in [0.25, 0.3) is 5.91 Å². The van der Waals surface area contributed by atoms with Crippen LogP contribution in [0.5, 0.6) is 5.75 Å². The van der Waals surface area contributed by atoms with Crippen molar-refractivity contribution in [3.63, 3.8) is 0 Å². The van der Waals surface area contributed by atoms with Crippen molar-refractivity contribution in [1.82, 2.24) is 0 Å². The number of hydrogen-bond acceptors (Lipinski definition) is 4. The molecule has 2 aromatic carbocycles. The van der Waals surface area contributed by atoms with Crippen LogP contribution in [0.1, 0.15) is 12.5 Å². The van der Waals surface area contributed by atoms with E-state index in [9.17, 15) is 9.59 Å². The van der Waals surface area contributed by atoms with E-state index in [0.29, 0.717) is 22.7 Å². The van der Waals surface area contributed by atoms with Gasteiger partial charge in [-0.25, -0.2) is 0 Å². The molecule has 24 heavy (non-hydrogen) atoms. The van der Waals surface area contributed by atoms with Gasteiger partial charge in [-0.3, -0.25) is 9.59 Å². The Bertz CT molecular complexity index is 815. The van der Waals surface area contributed by atoms with Gasteiger partial charge < -0.3 is 15.4 Å². The largest absolute Gasteiger partial charge is 0.482 e. The molecule has 0 heterocycles. The zero-order chi connectivity index (χ0) is 17.5. The number of nitrogens with one attached hydrogen (secondary N) is 2. The first kappa shape index (κ1) is 17.3. The topological polar surface area (TPSA) is 91.2 Å². The maximum atomic E-state index is 12.0. The molecule has 2 rings (SSSR count). The van der Waals surface area contributed by atoms with Crippen LogP contribution < -0.4 is 15.4 Å². The van der Waals surface area contributed by atoms with Crippen LogP contribution in [0.3, 0.4) is 0 Å². The smallest absolute Gasteiger partial charge is 0.262 e. The lowest BCUT2D eigenvalue weighted by molar-refractivity contribution is -0.118. The summed E-state index contributed by atoms with van der Waals surface area (Å²) in [6.07, 6.45) is 0. The maximum absolute atomic E-state index is 12.0. The molecule has 0 aliphatic rings. The molecule has 0 saturated carbocycles. The molecule has 0 spiro atoms. The molecule has 7 heteroatoms. The van der Waals surface area contributed by atoms with Crippen molar-refractivity contribution in [2.75, 3.05) is 17.2 Å². The van der Waals surface area contributed by atoms with Crippen molar-refractivity contribution >= 4 is 34.8 Å². The molecule has 0 radical (unpaired) electrons. The third-order valence-electron chi connectivity index (χ3n) is 2.93. The van der Waals surface area contributed by atoms with Crippen molar-refractivity contribution < 1.29 is 14.3 Å². The van der Waals surface area contributed by atoms with Gasteiger partial charge in [0, 0.05) is 12.6 Å². The fourth-order valence-electron chi connectivity index (χ4n) is 1.91. The summed E-state index contributed by atoms with van der Waals surface area (Å²) in [4.78, 5) is 23.1. The lowest BCUT2D eigenvalue weighted by Crippen LogP contribution is -2.20. The molecule has 0 aromatic heterocycles. The van der Waals surface area contributed by atoms with Crippen LogP contribution in [-0.2, 0) is 9.59 Å². The predicted molar refractivity (Wildman–Crippen MR) is 91.0 cm³/mol. The summed E-state index contributed by atoms with van der Waals surface area (Å²) in [7, 11) is 0. The number of amides is 2. The quantitative estimate of drug-likeness (QED) is 0.872. The molecule has 2 aromatic rings. The highest BCUT2D eigenvalue weighted by Gasteiger charge is 2.09. The summed E-state index contributed by atoms with van der Waals surface area (Å²) in [5.41, 5.74) is 1.28. The van der Waals surface area contributed by atoms with Gasteiger partial charge >= 0.3 is 0 Å². The van der Waals surface area contributed by atoms with Gasteiger partial charge in [-0.15, -0.1) is 0 Å². The van der Waals surface area contributed by atoms with Crippen LogP contribution in [0.2, 0.25) is 5.02 Å². The molecule has 2 amide bonds. The summed E-state index contributed by atoms with van der Waals surface area (Å²) in [5.74, 6) is -0.239. The Labute approximate surface area is 144 Å². The number of nitrogens with zero attached hydrogens (tertiary/aromatic N) is 1. The Morgan fingerprint density at radius 1 is 1.21 bits per heavy atom. The van der Waals surface area contributed by atoms with Gasteiger partial charge in [0.15, 0.2) is 6.61 Å². The van der Waals surface area contributed by atoms with Crippen LogP contribution in [0.4, 0.5) is 11.4 Å². The third kappa shape index (κ3) is 4.73. The molecule has 6 nitrogen and oxygen atoms in total. The van der Waals surface area contributed by atoms with E-state index in [2.05, 4.69) is 10.6 Å². The number of benzene rings is 2. The third-order valence-corrected chi connectivity index (χ3v) is 3.24. The number of carbonyl (C=O) groups is 2. The van der Waals surface area contributed by atoms with Crippen molar-refractivity contribution in [2.45, 2.75) is 6.92 Å². The van der Waals surface area contributed by atoms with Crippen LogP contribution >= 0.6 is 11.6 Å². The number of rotatable bonds is 5. The first-order valence-corrected chi connectivity index (χ1v) is 7.36. The van der Waals surface area contributed by atoms with Crippen molar-refractivity contribution in [3.05, 3.63) is 53.1 Å². The average molecular weight is 344 g/mol. The van der Waals surface area contributed by atoms with Crippen LogP contribution in [0.15, 0.2) is 42.5 Å². The monoisotopic (exact) mass is 343 g/mol. The number of nitriles is 1. The Hall–Kier alpha value is -3.04. The van der Waals surface area contributed by atoms with E-state index < -0.39 is 5.91 Å². The van der Waals surface area contributed by atoms with Gasteiger partial charge in [-0.2, -0.15) is 5.26 Å². The number of para-hydroxylation sites is 2. The first-order chi connectivity index (χ1) is 11.5. The van der Waals surface area contributed by atoms with E-state index >= 15 is 0 Å². The van der Waals surface area contributed by atoms with E-state index in [1.807, 2.05) is 6.07 Å². The average Bonchev–Trinajstić information content (AvgIpc) is 2.54. The number of carbonyl (C=O) groups excluding carboxylic acids is 2. The van der Waals surface area contributed by atoms with Crippen LogP contribution in [0, 0.1) is 11.3 Å². The molecular weight excluding hydrogens is 330 g/mol. The highest BCUT2D eigenvalue weighted by Crippen LogP contribution is 2.24. The molecular formula is C17H14ClN3O3. The van der Waals surface area contributed by atoms with E-state index in [-0.39, 0.29) is 17.5 Å². The van der Waals surface area contributed by atoms with Crippen molar-refractivity contribution in [2.24, 2.45) is 0 Å². The second kappa shape index (κ2) is 7.99. The Balaban J connectivity index is 1.98. The SMILES string of the molecule is CC(=O)Nc1ccccc1OCC(=O)Nc1ccc(C#N)c(Cl)c1. The number of halogens is 1. The van der Waals surface area contributed by atoms with Crippen LogP contribution in [-0.4, -0.2) is 18.4 Å². The molecule has 0 unspecified atom stereocenters. The molecule has 0 saturated heterocycles. The molecule has 0 atom stereocenters. The van der Waals surface area contributed by atoms with Gasteiger partial charge in [0.1, 0.15) is 11.8 Å². The van der Waals surface area contributed by atoms with Gasteiger partial charge in [-0.05, 0) is 30.3 Å². The normalized spacial score (nSPS) is 9.71. The predicted octanol–water partition coefficient (Wildman–Crippen LogP) is 3.19. The minimum absolute atomic E-state index is 0.234. The van der Waals surface area contributed by atoms with E-state index in [1.54, 1.807) is 30.3 Å². The minimum Gasteiger partial charge on any atom is -0.482 e. The number of hydrogen-bond donors (Lipinski definition) is 2. The van der Waals surface area contributed by atoms with Crippen LogP contribution in [0.25, 0.3) is 0 Å². The molecule has 0 aliphatic carbocycles. The Morgan fingerprint density at radius 3 is 2.62 bits per heavy atom. The van der Waals surface area contributed by atoms with Gasteiger partial charge in [-0.1, -0.05) is 23.7 Å². The molecule has 2 N–H and O–H groups in total. The van der Waals surface area contributed by atoms with Crippen molar-refractivity contribution in [3.8, 4) is 11.8 Å². The fourth-order valence-corrected chi connectivity index (χ4v) is 2.13. The Kier molecular flexibility index (Phi) is 5.77. The fraction of sp³-hybridized carbons (Fsp3) is 0.118. The minimum atomic E-state index is -0.395. The Morgan fingerprint density at radius 2 is 1.96 bits per heavy atom. The summed E-state index contributed by atoms with van der Waals surface area (Å²) < 4.78 is 5.44. The number of anilines is 2. The molecule has 0 aliphatic heterocycles. The van der Waals surface area contributed by atoms with Gasteiger partial charge in [0.2, 0.25) is 5.91 Å². The zero-order valence-electron chi connectivity index (χ0n) is 12.8. The number of ether oxygens (including phenoxy) is 1.